The molecule has 94 valence electrons. The topological polar surface area (TPSA) is 29.1 Å². The maximum atomic E-state index is 12.0. The Morgan fingerprint density at radius 2 is 2.06 bits per heavy atom. The third-order valence-corrected chi connectivity index (χ3v) is 7.50. The van der Waals surface area contributed by atoms with E-state index in [1.807, 2.05) is 19.1 Å². The Morgan fingerprint density at radius 1 is 1.41 bits per heavy atom. The van der Waals surface area contributed by atoms with E-state index in [-0.39, 0.29) is 5.91 Å². The second-order valence-corrected chi connectivity index (χ2v) is 10.3. The van der Waals surface area contributed by atoms with Gasteiger partial charge in [0.05, 0.1) is 18.7 Å². The number of nitrogens with one attached hydrogen (secondary N) is 1. The van der Waals surface area contributed by atoms with Gasteiger partial charge in [-0.05, 0) is 18.2 Å². The van der Waals surface area contributed by atoms with Gasteiger partial charge in [-0.2, -0.15) is 0 Å². The van der Waals surface area contributed by atoms with Crippen molar-refractivity contribution >= 4 is 42.4 Å². The smallest absolute Gasteiger partial charge is 0.252 e. The second kappa shape index (κ2) is 5.89. The fourth-order valence-electron chi connectivity index (χ4n) is 1.64. The monoisotopic (exact) mass is 289 g/mol. The lowest BCUT2D eigenvalue weighted by Gasteiger charge is -2.23. The quantitative estimate of drug-likeness (QED) is 0.670. The van der Waals surface area contributed by atoms with E-state index in [0.717, 1.165) is 5.19 Å². The van der Waals surface area contributed by atoms with Crippen molar-refractivity contribution in [3.8, 4) is 0 Å². The van der Waals surface area contributed by atoms with Gasteiger partial charge in [-0.1, -0.05) is 36.8 Å². The summed E-state index contributed by atoms with van der Waals surface area (Å²) < 4.78 is 0. The van der Waals surface area contributed by atoms with Crippen molar-refractivity contribution in [2.45, 2.75) is 20.0 Å². The average Bonchev–Trinajstić information content (AvgIpc) is 2.28. The van der Waals surface area contributed by atoms with E-state index in [2.05, 4.69) is 18.4 Å². The highest BCUT2D eigenvalue weighted by Gasteiger charge is 2.28. The summed E-state index contributed by atoms with van der Waals surface area (Å²) in [6, 6.07) is 5.58. The molecule has 0 heterocycles. The van der Waals surface area contributed by atoms with E-state index < -0.39 is 8.07 Å². The molecule has 0 aliphatic heterocycles. The molecular formula is C12H17Cl2NOSi. The van der Waals surface area contributed by atoms with Crippen LogP contribution in [0.15, 0.2) is 18.2 Å². The molecule has 0 aliphatic rings. The van der Waals surface area contributed by atoms with Crippen LogP contribution in [0.3, 0.4) is 0 Å². The van der Waals surface area contributed by atoms with Gasteiger partial charge in [0.15, 0.2) is 0 Å². The van der Waals surface area contributed by atoms with Gasteiger partial charge < -0.3 is 5.32 Å². The predicted octanol–water partition coefficient (Wildman–Crippen LogP) is 2.78. The molecule has 1 aromatic rings. The zero-order chi connectivity index (χ0) is 13.1. The molecule has 2 nitrogen and oxygen atoms in total. The number of halogens is 2. The number of hydrogen-bond donors (Lipinski definition) is 1. The largest absolute Gasteiger partial charge is 0.352 e. The summed E-state index contributed by atoms with van der Waals surface area (Å²) in [5, 5.41) is 4.31. The van der Waals surface area contributed by atoms with Gasteiger partial charge in [0.1, 0.15) is 0 Å². The summed E-state index contributed by atoms with van der Waals surface area (Å²) in [7, 11) is -1.80. The number of carbonyl (C=O) groups is 1. The minimum Gasteiger partial charge on any atom is -0.352 e. The highest BCUT2D eigenvalue weighted by Crippen LogP contribution is 2.18. The Kier molecular flexibility index (Phi) is 5.04. The van der Waals surface area contributed by atoms with Gasteiger partial charge in [0.2, 0.25) is 0 Å². The van der Waals surface area contributed by atoms with Crippen LogP contribution < -0.4 is 10.5 Å². The third-order valence-electron chi connectivity index (χ3n) is 2.64. The predicted molar refractivity (Wildman–Crippen MR) is 77.3 cm³/mol. The first kappa shape index (κ1) is 14.5. The maximum absolute atomic E-state index is 12.0. The van der Waals surface area contributed by atoms with Gasteiger partial charge in [0.25, 0.3) is 5.91 Å². The van der Waals surface area contributed by atoms with Gasteiger partial charge in [0, 0.05) is 12.0 Å². The number of carbonyl (C=O) groups excluding carboxylic acids is 1. The van der Waals surface area contributed by atoms with Crippen molar-refractivity contribution in [2.24, 2.45) is 0 Å². The van der Waals surface area contributed by atoms with E-state index in [1.54, 1.807) is 6.07 Å². The zero-order valence-corrected chi connectivity index (χ0v) is 12.8. The summed E-state index contributed by atoms with van der Waals surface area (Å²) in [5.41, 5.74) is 1.16. The lowest BCUT2D eigenvalue weighted by Crippen LogP contribution is -2.48. The number of hydrogen-bond acceptors (Lipinski definition) is 1. The highest BCUT2D eigenvalue weighted by molar-refractivity contribution is 6.94. The Morgan fingerprint density at radius 3 is 2.59 bits per heavy atom. The summed E-state index contributed by atoms with van der Waals surface area (Å²) in [6.45, 7) is 6.74. The molecule has 0 bridgehead atoms. The van der Waals surface area contributed by atoms with Gasteiger partial charge in [-0.25, -0.2) is 0 Å². The molecule has 0 unspecified atom stereocenters. The van der Waals surface area contributed by atoms with E-state index in [9.17, 15) is 4.79 Å². The number of alkyl halides is 1. The molecule has 0 saturated carbocycles. The number of amides is 1. The number of rotatable bonds is 4. The van der Waals surface area contributed by atoms with E-state index in [4.69, 9.17) is 23.2 Å². The molecule has 0 aliphatic carbocycles. The van der Waals surface area contributed by atoms with Crippen molar-refractivity contribution in [1.29, 1.82) is 0 Å². The van der Waals surface area contributed by atoms with E-state index in [0.29, 0.717) is 22.6 Å². The molecule has 0 spiro atoms. The molecular weight excluding hydrogens is 273 g/mol. The molecule has 1 amide bonds. The van der Waals surface area contributed by atoms with Crippen molar-refractivity contribution in [1.82, 2.24) is 5.32 Å². The summed E-state index contributed by atoms with van der Waals surface area (Å²) in [6.07, 6.45) is 0. The SMILES string of the molecule is CCNC(=O)c1c(Cl)cccc1[Si](C)(C)CCl. The van der Waals surface area contributed by atoms with Crippen LogP contribution in [0, 0.1) is 0 Å². The van der Waals surface area contributed by atoms with Crippen LogP contribution in [-0.2, 0) is 0 Å². The molecule has 17 heavy (non-hydrogen) atoms. The Hall–Kier alpha value is -0.513. The van der Waals surface area contributed by atoms with Crippen molar-refractivity contribution in [2.75, 3.05) is 12.0 Å². The molecule has 1 aromatic carbocycles. The summed E-state index contributed by atoms with van der Waals surface area (Å²) in [4.78, 5) is 12.0. The Labute approximate surface area is 113 Å². The normalized spacial score (nSPS) is 11.4. The van der Waals surface area contributed by atoms with Crippen LogP contribution in [0.25, 0.3) is 0 Å². The molecule has 1 N–H and O–H groups in total. The highest BCUT2D eigenvalue weighted by atomic mass is 35.5. The van der Waals surface area contributed by atoms with Gasteiger partial charge in [-0.15, -0.1) is 11.6 Å². The molecule has 0 radical (unpaired) electrons. The lowest BCUT2D eigenvalue weighted by atomic mass is 10.2. The molecule has 5 heteroatoms. The van der Waals surface area contributed by atoms with Crippen LogP contribution in [-0.4, -0.2) is 26.0 Å². The molecule has 0 saturated heterocycles. The second-order valence-electron chi connectivity index (χ2n) is 4.54. The van der Waals surface area contributed by atoms with Crippen LogP contribution in [0.2, 0.25) is 18.1 Å². The lowest BCUT2D eigenvalue weighted by molar-refractivity contribution is 0.0957. The first-order valence-electron chi connectivity index (χ1n) is 5.57. The van der Waals surface area contributed by atoms with Crippen LogP contribution in [0.4, 0.5) is 0 Å². The fourth-order valence-corrected chi connectivity index (χ4v) is 4.03. The Balaban J connectivity index is 3.32. The summed E-state index contributed by atoms with van der Waals surface area (Å²) in [5.74, 6) is -0.112. The minimum atomic E-state index is -1.80. The number of benzene rings is 1. The third kappa shape index (κ3) is 3.24. The fraction of sp³-hybridized carbons (Fsp3) is 0.417. The minimum absolute atomic E-state index is 0.112. The molecule has 0 fully saturated rings. The standard InChI is InChI=1S/C12H17Cl2NOSi/c1-4-15-12(16)11-9(14)6-5-7-10(11)17(2,3)8-13/h5-7H,4,8H2,1-3H3,(H,15,16). The maximum Gasteiger partial charge on any atom is 0.252 e. The van der Waals surface area contributed by atoms with Gasteiger partial charge >= 0.3 is 0 Å². The summed E-state index contributed by atoms with van der Waals surface area (Å²) >= 11 is 12.2. The molecule has 0 atom stereocenters. The van der Waals surface area contributed by atoms with Crippen molar-refractivity contribution in [3.63, 3.8) is 0 Å². The molecule has 1 rings (SSSR count). The first-order valence-corrected chi connectivity index (χ1v) is 9.69. The van der Waals surface area contributed by atoms with E-state index in [1.165, 1.54) is 0 Å². The van der Waals surface area contributed by atoms with Crippen molar-refractivity contribution in [3.05, 3.63) is 28.8 Å². The van der Waals surface area contributed by atoms with Crippen molar-refractivity contribution < 1.29 is 4.79 Å². The van der Waals surface area contributed by atoms with Crippen LogP contribution >= 0.6 is 23.2 Å². The first-order chi connectivity index (χ1) is 7.94. The molecule has 0 aromatic heterocycles. The zero-order valence-electron chi connectivity index (χ0n) is 10.3. The van der Waals surface area contributed by atoms with Gasteiger partial charge in [-0.3, -0.25) is 4.79 Å². The Bertz CT molecular complexity index is 421. The van der Waals surface area contributed by atoms with Crippen LogP contribution in [0.1, 0.15) is 17.3 Å². The van der Waals surface area contributed by atoms with Crippen LogP contribution in [0.5, 0.6) is 0 Å². The van der Waals surface area contributed by atoms with E-state index >= 15 is 0 Å². The average molecular weight is 290 g/mol.